The van der Waals surface area contributed by atoms with Gasteiger partial charge in [0.2, 0.25) is 0 Å². The number of benzene rings is 2. The van der Waals surface area contributed by atoms with E-state index in [0.717, 1.165) is 34.3 Å². The summed E-state index contributed by atoms with van der Waals surface area (Å²) < 4.78 is 0. The fraction of sp³-hybridized carbons (Fsp3) is 0.235. The van der Waals surface area contributed by atoms with Crippen LogP contribution in [0.15, 0.2) is 24.3 Å². The molecule has 1 N–H and O–H groups in total. The standard InChI is InChI=1S/C17H13NO4/c1-8(17(21)22)18-15(19)11-6-4-9-2-3-10-5-7-12(16(18)20)14(11)13(9)10/h4-8H,2-3H2,1H3,(H,21,22)/t8-/m0/s1. The fourth-order valence-electron chi connectivity index (χ4n) is 3.50. The minimum atomic E-state index is -1.20. The minimum absolute atomic E-state index is 0.421. The number of carbonyl (C=O) groups excluding carboxylic acids is 2. The summed E-state index contributed by atoms with van der Waals surface area (Å²) in [4.78, 5) is 37.3. The lowest BCUT2D eigenvalue weighted by Crippen LogP contribution is -2.49. The Hall–Kier alpha value is -2.69. The van der Waals surface area contributed by atoms with Crippen LogP contribution in [0.1, 0.15) is 38.8 Å². The van der Waals surface area contributed by atoms with Crippen LogP contribution >= 0.6 is 0 Å². The van der Waals surface area contributed by atoms with Crippen LogP contribution in [0.4, 0.5) is 0 Å². The van der Waals surface area contributed by atoms with Crippen molar-refractivity contribution < 1.29 is 19.5 Å². The summed E-state index contributed by atoms with van der Waals surface area (Å²) in [5.41, 5.74) is 3.14. The molecule has 22 heavy (non-hydrogen) atoms. The van der Waals surface area contributed by atoms with E-state index in [9.17, 15) is 14.4 Å². The van der Waals surface area contributed by atoms with Crippen LogP contribution in [0.2, 0.25) is 0 Å². The smallest absolute Gasteiger partial charge is 0.326 e. The van der Waals surface area contributed by atoms with Gasteiger partial charge in [0, 0.05) is 16.5 Å². The van der Waals surface area contributed by atoms with Gasteiger partial charge in [0.15, 0.2) is 0 Å². The molecule has 4 rings (SSSR count). The average Bonchev–Trinajstić information content (AvgIpc) is 2.92. The largest absolute Gasteiger partial charge is 0.480 e. The molecule has 1 heterocycles. The number of amides is 2. The van der Waals surface area contributed by atoms with E-state index >= 15 is 0 Å². The SMILES string of the molecule is C[C@@H](C(=O)O)N1C(=O)c2ccc3c4c(ccc(c24)C1=O)CC3. The third-order valence-corrected chi connectivity index (χ3v) is 4.64. The van der Waals surface area contributed by atoms with Crippen molar-refractivity contribution in [3.63, 3.8) is 0 Å². The van der Waals surface area contributed by atoms with Gasteiger partial charge in [-0.05, 0) is 48.4 Å². The Bertz CT molecular complexity index is 825. The van der Waals surface area contributed by atoms with Gasteiger partial charge in [-0.2, -0.15) is 0 Å². The van der Waals surface area contributed by atoms with Gasteiger partial charge < -0.3 is 5.11 Å². The van der Waals surface area contributed by atoms with Gasteiger partial charge in [-0.1, -0.05) is 12.1 Å². The number of carboxylic acid groups (broad SMARTS) is 1. The number of nitrogens with zero attached hydrogens (tertiary/aromatic N) is 1. The van der Waals surface area contributed by atoms with Crippen molar-refractivity contribution >= 4 is 28.6 Å². The molecular formula is C17H13NO4. The Morgan fingerprint density at radius 2 is 1.50 bits per heavy atom. The highest BCUT2D eigenvalue weighted by Gasteiger charge is 2.39. The van der Waals surface area contributed by atoms with E-state index in [0.29, 0.717) is 16.5 Å². The molecule has 1 atom stereocenters. The quantitative estimate of drug-likeness (QED) is 0.860. The highest BCUT2D eigenvalue weighted by molar-refractivity contribution is 6.27. The molecule has 1 aliphatic heterocycles. The van der Waals surface area contributed by atoms with Crippen LogP contribution in [0.3, 0.4) is 0 Å². The van der Waals surface area contributed by atoms with Crippen molar-refractivity contribution in [2.75, 3.05) is 0 Å². The molecule has 2 amide bonds. The van der Waals surface area contributed by atoms with Crippen molar-refractivity contribution in [3.05, 3.63) is 46.5 Å². The van der Waals surface area contributed by atoms with Gasteiger partial charge in [-0.25, -0.2) is 4.79 Å². The maximum absolute atomic E-state index is 12.6. The topological polar surface area (TPSA) is 74.7 Å². The van der Waals surface area contributed by atoms with Crippen molar-refractivity contribution in [1.29, 1.82) is 0 Å². The molecule has 0 unspecified atom stereocenters. The molecule has 0 fully saturated rings. The van der Waals surface area contributed by atoms with E-state index in [2.05, 4.69) is 0 Å². The summed E-state index contributed by atoms with van der Waals surface area (Å²) in [5, 5.41) is 10.9. The Balaban J connectivity index is 2.03. The molecule has 2 aromatic rings. The molecule has 0 saturated carbocycles. The number of carbonyl (C=O) groups is 3. The first-order chi connectivity index (χ1) is 10.5. The summed E-state index contributed by atoms with van der Waals surface area (Å²) >= 11 is 0. The van der Waals surface area contributed by atoms with Gasteiger partial charge in [0.05, 0.1) is 0 Å². The molecule has 0 radical (unpaired) electrons. The van der Waals surface area contributed by atoms with Gasteiger partial charge in [-0.3, -0.25) is 14.5 Å². The molecule has 0 aromatic heterocycles. The third-order valence-electron chi connectivity index (χ3n) is 4.64. The molecule has 2 aromatic carbocycles. The van der Waals surface area contributed by atoms with Crippen LogP contribution < -0.4 is 0 Å². The van der Waals surface area contributed by atoms with Crippen molar-refractivity contribution in [3.8, 4) is 0 Å². The van der Waals surface area contributed by atoms with E-state index < -0.39 is 23.8 Å². The molecular weight excluding hydrogens is 282 g/mol. The molecule has 0 bridgehead atoms. The maximum Gasteiger partial charge on any atom is 0.326 e. The van der Waals surface area contributed by atoms with Gasteiger partial charge in [0.1, 0.15) is 6.04 Å². The highest BCUT2D eigenvalue weighted by atomic mass is 16.4. The van der Waals surface area contributed by atoms with E-state index in [1.165, 1.54) is 6.92 Å². The number of aliphatic carboxylic acids is 1. The highest BCUT2D eigenvalue weighted by Crippen LogP contribution is 2.38. The van der Waals surface area contributed by atoms with E-state index in [4.69, 9.17) is 5.11 Å². The average molecular weight is 295 g/mol. The molecule has 0 spiro atoms. The number of hydrogen-bond acceptors (Lipinski definition) is 3. The molecule has 5 heteroatoms. The Labute approximate surface area is 126 Å². The predicted molar refractivity (Wildman–Crippen MR) is 79.0 cm³/mol. The Morgan fingerprint density at radius 3 is 1.95 bits per heavy atom. The van der Waals surface area contributed by atoms with E-state index in [-0.39, 0.29) is 0 Å². The maximum atomic E-state index is 12.6. The number of carboxylic acids is 1. The van der Waals surface area contributed by atoms with Gasteiger partial charge in [0.25, 0.3) is 11.8 Å². The lowest BCUT2D eigenvalue weighted by molar-refractivity contribution is -0.141. The van der Waals surface area contributed by atoms with Crippen LogP contribution in [0, 0.1) is 0 Å². The lowest BCUT2D eigenvalue weighted by atomic mass is 9.90. The first-order valence-corrected chi connectivity index (χ1v) is 7.19. The molecule has 1 aliphatic carbocycles. The van der Waals surface area contributed by atoms with Crippen molar-refractivity contribution in [1.82, 2.24) is 4.90 Å². The van der Waals surface area contributed by atoms with Crippen LogP contribution in [0.5, 0.6) is 0 Å². The molecule has 0 saturated heterocycles. The van der Waals surface area contributed by atoms with E-state index in [1.54, 1.807) is 12.1 Å². The third kappa shape index (κ3) is 1.45. The van der Waals surface area contributed by atoms with Crippen LogP contribution in [-0.2, 0) is 17.6 Å². The van der Waals surface area contributed by atoms with Crippen LogP contribution in [0.25, 0.3) is 10.8 Å². The molecule has 2 aliphatic rings. The Kier molecular flexibility index (Phi) is 2.46. The van der Waals surface area contributed by atoms with Crippen molar-refractivity contribution in [2.24, 2.45) is 0 Å². The number of hydrogen-bond donors (Lipinski definition) is 1. The number of aryl methyl sites for hydroxylation is 2. The molecule has 110 valence electrons. The van der Waals surface area contributed by atoms with Gasteiger partial charge >= 0.3 is 5.97 Å². The Morgan fingerprint density at radius 1 is 1.00 bits per heavy atom. The summed E-state index contributed by atoms with van der Waals surface area (Å²) in [5.74, 6) is -2.25. The van der Waals surface area contributed by atoms with Gasteiger partial charge in [-0.15, -0.1) is 0 Å². The second-order valence-corrected chi connectivity index (χ2v) is 5.79. The monoisotopic (exact) mass is 295 g/mol. The summed E-state index contributed by atoms with van der Waals surface area (Å²) in [6, 6.07) is 6.07. The number of imide groups is 1. The second-order valence-electron chi connectivity index (χ2n) is 5.79. The van der Waals surface area contributed by atoms with Crippen LogP contribution in [-0.4, -0.2) is 33.8 Å². The normalized spacial score (nSPS) is 17.2. The summed E-state index contributed by atoms with van der Waals surface area (Å²) in [7, 11) is 0. The zero-order chi connectivity index (χ0) is 15.6. The lowest BCUT2D eigenvalue weighted by Gasteiger charge is -2.30. The zero-order valence-electron chi connectivity index (χ0n) is 11.9. The first kappa shape index (κ1) is 13.0. The minimum Gasteiger partial charge on any atom is -0.480 e. The second kappa shape index (κ2) is 4.16. The first-order valence-electron chi connectivity index (χ1n) is 7.19. The van der Waals surface area contributed by atoms with E-state index in [1.807, 2.05) is 12.1 Å². The summed E-state index contributed by atoms with van der Waals surface area (Å²) in [6.07, 6.45) is 1.82. The fourth-order valence-corrected chi connectivity index (χ4v) is 3.50. The van der Waals surface area contributed by atoms with Crippen molar-refractivity contribution in [2.45, 2.75) is 25.8 Å². The zero-order valence-corrected chi connectivity index (χ0v) is 11.9. The molecule has 5 nitrogen and oxygen atoms in total. The predicted octanol–water partition coefficient (Wildman–Crippen LogP) is 2.01. The number of rotatable bonds is 2. The summed E-state index contributed by atoms with van der Waals surface area (Å²) in [6.45, 7) is 1.35.